The van der Waals surface area contributed by atoms with Gasteiger partial charge in [0.2, 0.25) is 0 Å². The largest absolute Gasteiger partial charge is 0.504 e. The second-order valence-electron chi connectivity index (χ2n) is 8.48. The first-order valence-electron chi connectivity index (χ1n) is 10.6. The van der Waals surface area contributed by atoms with E-state index in [0.29, 0.717) is 5.56 Å². The monoisotopic (exact) mass is 416 g/mol. The molecule has 4 rings (SSSR count). The van der Waals surface area contributed by atoms with Gasteiger partial charge in [-0.3, -0.25) is 4.79 Å². The van der Waals surface area contributed by atoms with Gasteiger partial charge in [-0.2, -0.15) is 0 Å². The van der Waals surface area contributed by atoms with Crippen LogP contribution in [0.25, 0.3) is 0 Å². The number of aryl methyl sites for hydroxylation is 3. The van der Waals surface area contributed by atoms with E-state index in [9.17, 15) is 15.0 Å². The Morgan fingerprint density at radius 2 is 1.68 bits per heavy atom. The summed E-state index contributed by atoms with van der Waals surface area (Å²) in [5.41, 5.74) is 13.1. The van der Waals surface area contributed by atoms with E-state index in [1.54, 1.807) is 24.3 Å². The first-order valence-corrected chi connectivity index (χ1v) is 10.6. The molecule has 0 saturated heterocycles. The molecule has 2 unspecified atom stereocenters. The zero-order valence-electron chi connectivity index (χ0n) is 17.9. The summed E-state index contributed by atoms with van der Waals surface area (Å²) in [6.45, 7) is 3.99. The average Bonchev–Trinajstić information content (AvgIpc) is 2.75. The minimum absolute atomic E-state index is 0.0190. The lowest BCUT2D eigenvalue weighted by atomic mass is 9.76. The lowest BCUT2D eigenvalue weighted by molar-refractivity contribution is 0.102. The number of phenols is 2. The van der Waals surface area contributed by atoms with Gasteiger partial charge < -0.3 is 21.3 Å². The van der Waals surface area contributed by atoms with Crippen LogP contribution in [0.5, 0.6) is 11.5 Å². The highest BCUT2D eigenvalue weighted by Crippen LogP contribution is 2.39. The molecule has 0 aromatic heterocycles. The Morgan fingerprint density at radius 1 is 1.03 bits per heavy atom. The van der Waals surface area contributed by atoms with Crippen LogP contribution in [0.4, 0.5) is 5.69 Å². The van der Waals surface area contributed by atoms with Crippen LogP contribution in [0.1, 0.15) is 50.5 Å². The highest BCUT2D eigenvalue weighted by Gasteiger charge is 2.29. The molecule has 3 aromatic carbocycles. The Balaban J connectivity index is 1.59. The predicted octanol–water partition coefficient (Wildman–Crippen LogP) is 4.57. The van der Waals surface area contributed by atoms with Gasteiger partial charge in [-0.25, -0.2) is 0 Å². The predicted molar refractivity (Wildman–Crippen MR) is 123 cm³/mol. The molecule has 0 bridgehead atoms. The van der Waals surface area contributed by atoms with Gasteiger partial charge in [-0.1, -0.05) is 30.3 Å². The van der Waals surface area contributed by atoms with Crippen LogP contribution in [-0.4, -0.2) is 22.2 Å². The maximum Gasteiger partial charge on any atom is 0.255 e. The van der Waals surface area contributed by atoms with Gasteiger partial charge in [0.1, 0.15) is 0 Å². The Kier molecular flexibility index (Phi) is 5.70. The van der Waals surface area contributed by atoms with Gasteiger partial charge in [0.15, 0.2) is 11.5 Å². The van der Waals surface area contributed by atoms with E-state index >= 15 is 0 Å². The number of rotatable bonds is 4. The molecule has 0 fully saturated rings. The summed E-state index contributed by atoms with van der Waals surface area (Å²) in [5, 5.41) is 22.9. The number of nitrogens with two attached hydrogens (primary N) is 1. The number of phenolic OH excluding ortho intramolecular Hbond substituents is 2. The normalized spacial score (nSPS) is 17.8. The van der Waals surface area contributed by atoms with Gasteiger partial charge in [0.25, 0.3) is 5.91 Å². The number of anilines is 1. The molecule has 0 aliphatic heterocycles. The number of carbonyl (C=O) groups is 1. The molecule has 1 aliphatic rings. The topological polar surface area (TPSA) is 95.6 Å². The molecule has 0 spiro atoms. The van der Waals surface area contributed by atoms with Gasteiger partial charge >= 0.3 is 0 Å². The molecule has 5 nitrogen and oxygen atoms in total. The number of fused-ring (bicyclic) bond motifs is 1. The summed E-state index contributed by atoms with van der Waals surface area (Å²) < 4.78 is 0. The van der Waals surface area contributed by atoms with Gasteiger partial charge in [-0.15, -0.1) is 0 Å². The third kappa shape index (κ3) is 4.28. The van der Waals surface area contributed by atoms with Crippen molar-refractivity contribution in [2.45, 2.75) is 45.1 Å². The number of hydrogen-bond donors (Lipinski definition) is 4. The van der Waals surface area contributed by atoms with Crippen LogP contribution in [0, 0.1) is 13.8 Å². The third-order valence-corrected chi connectivity index (χ3v) is 6.22. The van der Waals surface area contributed by atoms with Crippen molar-refractivity contribution in [3.63, 3.8) is 0 Å². The first-order chi connectivity index (χ1) is 14.8. The van der Waals surface area contributed by atoms with E-state index in [-0.39, 0.29) is 29.4 Å². The molecular formula is C26H28N2O3. The molecule has 3 aromatic rings. The summed E-state index contributed by atoms with van der Waals surface area (Å²) in [5.74, 6) is -0.265. The van der Waals surface area contributed by atoms with Crippen molar-refractivity contribution in [2.24, 2.45) is 5.73 Å². The Morgan fingerprint density at radius 3 is 2.35 bits per heavy atom. The summed E-state index contributed by atoms with van der Waals surface area (Å²) in [6, 6.07) is 16.6. The van der Waals surface area contributed by atoms with E-state index in [1.807, 2.05) is 32.0 Å². The summed E-state index contributed by atoms with van der Waals surface area (Å²) in [7, 11) is 0. The molecule has 1 amide bonds. The molecule has 5 heteroatoms. The molecule has 31 heavy (non-hydrogen) atoms. The minimum Gasteiger partial charge on any atom is -0.504 e. The molecular weight excluding hydrogens is 388 g/mol. The fraction of sp³-hybridized carbons (Fsp3) is 0.269. The molecule has 160 valence electrons. The van der Waals surface area contributed by atoms with Crippen molar-refractivity contribution in [1.29, 1.82) is 0 Å². The lowest BCUT2D eigenvalue weighted by Crippen LogP contribution is -2.34. The smallest absolute Gasteiger partial charge is 0.255 e. The Bertz CT molecular complexity index is 1100. The zero-order valence-corrected chi connectivity index (χ0v) is 17.9. The van der Waals surface area contributed by atoms with Crippen molar-refractivity contribution in [2.75, 3.05) is 5.32 Å². The summed E-state index contributed by atoms with van der Waals surface area (Å²) >= 11 is 0. The second kappa shape index (κ2) is 8.44. The lowest BCUT2D eigenvalue weighted by Gasteiger charge is -2.32. The quantitative estimate of drug-likeness (QED) is 0.469. The molecule has 0 heterocycles. The van der Waals surface area contributed by atoms with E-state index in [2.05, 4.69) is 17.4 Å². The Labute approximate surface area is 182 Å². The van der Waals surface area contributed by atoms with Crippen LogP contribution in [0.15, 0.2) is 54.6 Å². The fourth-order valence-electron chi connectivity index (χ4n) is 4.61. The maximum atomic E-state index is 12.6. The standard InChI is InChI=1S/C26H28N2O3/c1-15-10-17(11-16(2)25(15)28-26(31)18-6-4-3-5-7-18)12-21-20-14-24(30)23(29)13-19(20)8-9-22(21)27/h3-7,10-11,13-14,21-22,29-30H,8-9,12,27H2,1-2H3,(H,28,31). The van der Waals surface area contributed by atoms with Crippen LogP contribution in [0.3, 0.4) is 0 Å². The number of nitrogens with one attached hydrogen (secondary N) is 1. The number of hydrogen-bond acceptors (Lipinski definition) is 4. The Hall–Kier alpha value is -3.31. The van der Waals surface area contributed by atoms with E-state index < -0.39 is 0 Å². The maximum absolute atomic E-state index is 12.6. The van der Waals surface area contributed by atoms with Crippen molar-refractivity contribution in [3.8, 4) is 11.5 Å². The number of benzene rings is 3. The van der Waals surface area contributed by atoms with E-state index in [1.165, 1.54) is 0 Å². The zero-order chi connectivity index (χ0) is 22.1. The molecule has 0 radical (unpaired) electrons. The van der Waals surface area contributed by atoms with Gasteiger partial charge in [0.05, 0.1) is 0 Å². The number of carbonyl (C=O) groups excluding carboxylic acids is 1. The fourth-order valence-corrected chi connectivity index (χ4v) is 4.61. The molecule has 5 N–H and O–H groups in total. The van der Waals surface area contributed by atoms with Crippen LogP contribution < -0.4 is 11.1 Å². The second-order valence-corrected chi connectivity index (χ2v) is 8.48. The van der Waals surface area contributed by atoms with Gasteiger partial charge in [-0.05, 0) is 85.2 Å². The molecule has 2 atom stereocenters. The molecule has 0 saturated carbocycles. The van der Waals surface area contributed by atoms with Gasteiger partial charge in [0, 0.05) is 23.2 Å². The van der Waals surface area contributed by atoms with Crippen molar-refractivity contribution in [3.05, 3.63) is 88.0 Å². The van der Waals surface area contributed by atoms with E-state index in [0.717, 1.165) is 52.8 Å². The van der Waals surface area contributed by atoms with Crippen molar-refractivity contribution < 1.29 is 15.0 Å². The van der Waals surface area contributed by atoms with Crippen LogP contribution >= 0.6 is 0 Å². The highest BCUT2D eigenvalue weighted by atomic mass is 16.3. The van der Waals surface area contributed by atoms with Crippen molar-refractivity contribution in [1.82, 2.24) is 0 Å². The van der Waals surface area contributed by atoms with Crippen LogP contribution in [0.2, 0.25) is 0 Å². The average molecular weight is 417 g/mol. The highest BCUT2D eigenvalue weighted by molar-refractivity contribution is 6.05. The molecule has 1 aliphatic carbocycles. The van der Waals surface area contributed by atoms with Crippen LogP contribution in [-0.2, 0) is 12.8 Å². The minimum atomic E-state index is -0.127. The third-order valence-electron chi connectivity index (χ3n) is 6.22. The summed E-state index contributed by atoms with van der Waals surface area (Å²) in [4.78, 5) is 12.6. The SMILES string of the molecule is Cc1cc(CC2c3cc(O)c(O)cc3CCC2N)cc(C)c1NC(=O)c1ccccc1. The summed E-state index contributed by atoms with van der Waals surface area (Å²) in [6.07, 6.45) is 2.36. The number of amides is 1. The first kappa shape index (κ1) is 20.9. The van der Waals surface area contributed by atoms with E-state index in [4.69, 9.17) is 5.73 Å². The number of aromatic hydroxyl groups is 2. The van der Waals surface area contributed by atoms with Crippen molar-refractivity contribution >= 4 is 11.6 Å².